The number of nitrogens with zero attached hydrogens (tertiary/aromatic N) is 2. The zero-order chi connectivity index (χ0) is 18.5. The van der Waals surface area contributed by atoms with Crippen molar-refractivity contribution in [2.24, 2.45) is 10.9 Å². The van der Waals surface area contributed by atoms with Crippen LogP contribution < -0.4 is 10.6 Å². The molecule has 0 radical (unpaired) electrons. The lowest BCUT2D eigenvalue weighted by molar-refractivity contribution is 0.251. The summed E-state index contributed by atoms with van der Waals surface area (Å²) in [5, 5.41) is 15.9. The Morgan fingerprint density at radius 2 is 1.88 bits per heavy atom. The van der Waals surface area contributed by atoms with Gasteiger partial charge in [0, 0.05) is 26.2 Å². The number of nitrogens with one attached hydrogen (secondary N) is 2. The topological polar surface area (TPSA) is 59.9 Å². The maximum absolute atomic E-state index is 9.20. The molecule has 0 spiro atoms. The van der Waals surface area contributed by atoms with E-state index in [2.05, 4.69) is 67.7 Å². The molecular weight excluding hydrogens is 439 g/mol. The van der Waals surface area contributed by atoms with Crippen LogP contribution in [0.4, 0.5) is 0 Å². The summed E-state index contributed by atoms with van der Waals surface area (Å²) in [6.07, 6.45) is 3.10. The summed E-state index contributed by atoms with van der Waals surface area (Å²) in [6.45, 7) is 7.80. The molecule has 0 aliphatic rings. The van der Waals surface area contributed by atoms with E-state index in [-0.39, 0.29) is 30.6 Å². The molecule has 1 unspecified atom stereocenters. The number of aliphatic hydroxyl groups is 1. The van der Waals surface area contributed by atoms with Gasteiger partial charge in [0.05, 0.1) is 6.54 Å². The van der Waals surface area contributed by atoms with E-state index in [9.17, 15) is 5.11 Å². The normalized spacial score (nSPS) is 12.6. The van der Waals surface area contributed by atoms with Crippen molar-refractivity contribution in [2.45, 2.75) is 46.2 Å². The minimum atomic E-state index is 0. The highest BCUT2D eigenvalue weighted by Crippen LogP contribution is 2.10. The van der Waals surface area contributed by atoms with E-state index in [0.29, 0.717) is 12.5 Å². The Hall–Kier alpha value is -0.860. The molecule has 0 amide bonds. The van der Waals surface area contributed by atoms with Gasteiger partial charge in [0.2, 0.25) is 0 Å². The van der Waals surface area contributed by atoms with Crippen molar-refractivity contribution in [1.82, 2.24) is 15.5 Å². The van der Waals surface area contributed by atoms with Gasteiger partial charge in [-0.2, -0.15) is 0 Å². The molecule has 150 valence electrons. The summed E-state index contributed by atoms with van der Waals surface area (Å²) >= 11 is 0. The summed E-state index contributed by atoms with van der Waals surface area (Å²) in [4.78, 5) is 6.88. The van der Waals surface area contributed by atoms with Gasteiger partial charge in [-0.15, -0.1) is 24.0 Å². The van der Waals surface area contributed by atoms with Crippen LogP contribution in [0.2, 0.25) is 0 Å². The Bertz CT molecular complexity index is 502. The van der Waals surface area contributed by atoms with Crippen LogP contribution in [-0.4, -0.2) is 49.8 Å². The van der Waals surface area contributed by atoms with Gasteiger partial charge in [0.15, 0.2) is 5.96 Å². The lowest BCUT2D eigenvalue weighted by Gasteiger charge is -2.18. The van der Waals surface area contributed by atoms with Crippen LogP contribution in [0.1, 0.15) is 44.2 Å². The fourth-order valence-electron chi connectivity index (χ4n) is 2.88. The van der Waals surface area contributed by atoms with Crippen LogP contribution in [-0.2, 0) is 13.1 Å². The Morgan fingerprint density at radius 3 is 2.50 bits per heavy atom. The van der Waals surface area contributed by atoms with Crippen molar-refractivity contribution in [1.29, 1.82) is 0 Å². The summed E-state index contributed by atoms with van der Waals surface area (Å²) in [5.41, 5.74) is 2.53. The predicted molar refractivity (Wildman–Crippen MR) is 122 cm³/mol. The minimum absolute atomic E-state index is 0. The molecule has 0 saturated carbocycles. The van der Waals surface area contributed by atoms with Crippen LogP contribution in [0, 0.1) is 5.92 Å². The van der Waals surface area contributed by atoms with Crippen molar-refractivity contribution >= 4 is 29.9 Å². The monoisotopic (exact) mass is 476 g/mol. The molecule has 3 N–H and O–H groups in total. The molecule has 0 fully saturated rings. The van der Waals surface area contributed by atoms with E-state index in [1.54, 1.807) is 0 Å². The SMILES string of the molecule is CCCC(CCO)CNC(=NCc1cccc(CN(C)C)c1)NCC.I. The summed E-state index contributed by atoms with van der Waals surface area (Å²) < 4.78 is 0. The number of aliphatic imine (C=N–C) groups is 1. The van der Waals surface area contributed by atoms with E-state index in [1.807, 2.05) is 0 Å². The molecule has 0 aliphatic heterocycles. The Morgan fingerprint density at radius 1 is 1.15 bits per heavy atom. The quantitative estimate of drug-likeness (QED) is 0.261. The number of guanidine groups is 1. The molecule has 0 saturated heterocycles. The fraction of sp³-hybridized carbons (Fsp3) is 0.650. The smallest absolute Gasteiger partial charge is 0.191 e. The van der Waals surface area contributed by atoms with Gasteiger partial charge >= 0.3 is 0 Å². The van der Waals surface area contributed by atoms with Gasteiger partial charge in [0.1, 0.15) is 0 Å². The third kappa shape index (κ3) is 11.0. The van der Waals surface area contributed by atoms with E-state index in [4.69, 9.17) is 4.99 Å². The van der Waals surface area contributed by atoms with Crippen molar-refractivity contribution in [3.05, 3.63) is 35.4 Å². The third-order valence-electron chi connectivity index (χ3n) is 4.05. The number of benzene rings is 1. The van der Waals surface area contributed by atoms with Gasteiger partial charge < -0.3 is 20.6 Å². The highest BCUT2D eigenvalue weighted by molar-refractivity contribution is 14.0. The van der Waals surface area contributed by atoms with E-state index < -0.39 is 0 Å². The Balaban J connectivity index is 0.00000625. The fourth-order valence-corrected chi connectivity index (χ4v) is 2.88. The number of halogens is 1. The number of hydrogen-bond donors (Lipinski definition) is 3. The molecule has 0 aliphatic carbocycles. The molecule has 6 heteroatoms. The van der Waals surface area contributed by atoms with Crippen LogP contribution in [0.5, 0.6) is 0 Å². The van der Waals surface area contributed by atoms with Crippen LogP contribution in [0.3, 0.4) is 0 Å². The van der Waals surface area contributed by atoms with Gasteiger partial charge in [-0.1, -0.05) is 37.6 Å². The van der Waals surface area contributed by atoms with Crippen LogP contribution >= 0.6 is 24.0 Å². The van der Waals surface area contributed by atoms with Crippen molar-refractivity contribution in [2.75, 3.05) is 33.8 Å². The predicted octanol–water partition coefficient (Wildman–Crippen LogP) is 3.22. The molecule has 1 aromatic rings. The van der Waals surface area contributed by atoms with Gasteiger partial charge in [-0.25, -0.2) is 4.99 Å². The summed E-state index contributed by atoms with van der Waals surface area (Å²) in [6, 6.07) is 8.60. The zero-order valence-electron chi connectivity index (χ0n) is 16.8. The lowest BCUT2D eigenvalue weighted by atomic mass is 10.0. The lowest BCUT2D eigenvalue weighted by Crippen LogP contribution is -2.40. The molecule has 1 atom stereocenters. The summed E-state index contributed by atoms with van der Waals surface area (Å²) in [7, 11) is 4.16. The van der Waals surface area contributed by atoms with Gasteiger partial charge in [-0.05, 0) is 50.9 Å². The molecule has 1 aromatic carbocycles. The Kier molecular flexibility index (Phi) is 14.7. The molecule has 0 heterocycles. The second kappa shape index (κ2) is 15.2. The highest BCUT2D eigenvalue weighted by Gasteiger charge is 2.08. The molecule has 0 aromatic heterocycles. The number of rotatable bonds is 11. The third-order valence-corrected chi connectivity index (χ3v) is 4.05. The second-order valence-electron chi connectivity index (χ2n) is 6.80. The number of hydrogen-bond acceptors (Lipinski definition) is 3. The Labute approximate surface area is 176 Å². The first-order valence-electron chi connectivity index (χ1n) is 9.44. The van der Waals surface area contributed by atoms with E-state index in [1.165, 1.54) is 11.1 Å². The van der Waals surface area contributed by atoms with Crippen molar-refractivity contribution in [3.8, 4) is 0 Å². The second-order valence-corrected chi connectivity index (χ2v) is 6.80. The van der Waals surface area contributed by atoms with Crippen molar-refractivity contribution < 1.29 is 5.11 Å². The van der Waals surface area contributed by atoms with Gasteiger partial charge in [0.25, 0.3) is 0 Å². The first kappa shape index (κ1) is 25.1. The van der Waals surface area contributed by atoms with Crippen molar-refractivity contribution in [3.63, 3.8) is 0 Å². The zero-order valence-corrected chi connectivity index (χ0v) is 19.1. The maximum Gasteiger partial charge on any atom is 0.191 e. The standard InChI is InChI=1S/C20H36N4O.HI/c1-5-8-17(11-12-25)14-22-20(21-6-2)23-15-18-9-7-10-19(13-18)16-24(3)4;/h7,9-10,13,17,25H,5-6,8,11-12,14-16H2,1-4H3,(H2,21,22,23);1H. The number of aliphatic hydroxyl groups excluding tert-OH is 1. The highest BCUT2D eigenvalue weighted by atomic mass is 127. The average molecular weight is 476 g/mol. The van der Waals surface area contributed by atoms with E-state index >= 15 is 0 Å². The molecular formula is C20H37IN4O. The maximum atomic E-state index is 9.20. The first-order chi connectivity index (χ1) is 12.1. The van der Waals surface area contributed by atoms with Gasteiger partial charge in [-0.3, -0.25) is 0 Å². The average Bonchev–Trinajstić information content (AvgIpc) is 2.57. The van der Waals surface area contributed by atoms with Crippen LogP contribution in [0.15, 0.2) is 29.3 Å². The molecule has 1 rings (SSSR count). The molecule has 0 bridgehead atoms. The molecule has 5 nitrogen and oxygen atoms in total. The minimum Gasteiger partial charge on any atom is -0.396 e. The van der Waals surface area contributed by atoms with E-state index in [0.717, 1.165) is 44.9 Å². The first-order valence-corrected chi connectivity index (χ1v) is 9.44. The largest absolute Gasteiger partial charge is 0.396 e. The summed E-state index contributed by atoms with van der Waals surface area (Å²) in [5.74, 6) is 1.34. The van der Waals surface area contributed by atoms with Crippen LogP contribution in [0.25, 0.3) is 0 Å². The molecule has 26 heavy (non-hydrogen) atoms.